The maximum absolute atomic E-state index is 13.4. The second-order valence-corrected chi connectivity index (χ2v) is 11.0. The second-order valence-electron chi connectivity index (χ2n) is 9.09. The van der Waals surface area contributed by atoms with Crippen LogP contribution in [0.4, 0.5) is 13.2 Å². The maximum Gasteiger partial charge on any atom is 0.412 e. The molecule has 0 saturated heterocycles. The molecule has 204 valence electrons. The van der Waals surface area contributed by atoms with Crippen molar-refractivity contribution in [1.82, 2.24) is 9.62 Å². The van der Waals surface area contributed by atoms with Crippen molar-refractivity contribution in [3.8, 4) is 5.75 Å². The molecule has 7 nitrogen and oxygen atoms in total. The molecule has 0 fully saturated rings. The van der Waals surface area contributed by atoms with Gasteiger partial charge in [0.05, 0.1) is 24.2 Å². The molecule has 0 radical (unpaired) electrons. The van der Waals surface area contributed by atoms with Gasteiger partial charge in [0.2, 0.25) is 15.9 Å². The molecule has 2 rings (SSSR count). The number of hydrogen-bond acceptors (Lipinski definition) is 5. The van der Waals surface area contributed by atoms with E-state index in [1.165, 1.54) is 31.4 Å². The normalized spacial score (nSPS) is 14.5. The van der Waals surface area contributed by atoms with Gasteiger partial charge in [0.15, 0.2) is 0 Å². The highest BCUT2D eigenvalue weighted by Gasteiger charge is 2.33. The van der Waals surface area contributed by atoms with E-state index in [1.807, 2.05) is 13.8 Å². The SMILES string of the molecule is COc1ccc(S(=O)(=O)N(CC(C)C)C[C@@H](O)[C@H](Cc2ccccc2)NC(=O)/C=C(\C)C(F)(F)F)cc1. The lowest BCUT2D eigenvalue weighted by atomic mass is 10.0. The lowest BCUT2D eigenvalue weighted by molar-refractivity contribution is -0.119. The first kappa shape index (κ1) is 30.3. The van der Waals surface area contributed by atoms with Crippen molar-refractivity contribution >= 4 is 15.9 Å². The number of methoxy groups -OCH3 is 1. The van der Waals surface area contributed by atoms with Crippen molar-refractivity contribution in [2.45, 2.75) is 50.4 Å². The third-order valence-electron chi connectivity index (χ3n) is 5.54. The number of ether oxygens (including phenoxy) is 1. The Morgan fingerprint density at radius 3 is 2.19 bits per heavy atom. The number of rotatable bonds is 12. The molecule has 2 aromatic carbocycles. The van der Waals surface area contributed by atoms with Crippen molar-refractivity contribution in [2.75, 3.05) is 20.2 Å². The molecule has 0 aliphatic rings. The summed E-state index contributed by atoms with van der Waals surface area (Å²) in [5.74, 6) is -0.662. The zero-order valence-corrected chi connectivity index (χ0v) is 22.0. The first-order valence-electron chi connectivity index (χ1n) is 11.7. The summed E-state index contributed by atoms with van der Waals surface area (Å²) in [5.41, 5.74) is -0.390. The summed E-state index contributed by atoms with van der Waals surface area (Å²) in [6.45, 7) is 4.10. The van der Waals surface area contributed by atoms with Crippen molar-refractivity contribution < 1.29 is 36.2 Å². The van der Waals surface area contributed by atoms with Crippen molar-refractivity contribution in [3.63, 3.8) is 0 Å². The van der Waals surface area contributed by atoms with Gasteiger partial charge >= 0.3 is 6.18 Å². The van der Waals surface area contributed by atoms with Crippen molar-refractivity contribution in [1.29, 1.82) is 0 Å². The van der Waals surface area contributed by atoms with Gasteiger partial charge in [-0.15, -0.1) is 0 Å². The first-order valence-corrected chi connectivity index (χ1v) is 13.1. The van der Waals surface area contributed by atoms with Crippen molar-refractivity contribution in [2.24, 2.45) is 5.92 Å². The van der Waals surface area contributed by atoms with Crippen LogP contribution in [0, 0.1) is 5.92 Å². The number of nitrogens with one attached hydrogen (secondary N) is 1. The minimum Gasteiger partial charge on any atom is -0.497 e. The minimum atomic E-state index is -4.68. The quantitative estimate of drug-likeness (QED) is 0.396. The van der Waals surface area contributed by atoms with Crippen molar-refractivity contribution in [3.05, 3.63) is 71.8 Å². The Kier molecular flexibility index (Phi) is 10.7. The number of sulfonamides is 1. The summed E-state index contributed by atoms with van der Waals surface area (Å²) in [6, 6.07) is 13.5. The summed E-state index contributed by atoms with van der Waals surface area (Å²) < 4.78 is 71.7. The number of allylic oxidation sites excluding steroid dienone is 1. The van der Waals surface area contributed by atoms with Crippen LogP contribution >= 0.6 is 0 Å². The number of alkyl halides is 3. The predicted octanol–water partition coefficient (Wildman–Crippen LogP) is 3.94. The molecule has 37 heavy (non-hydrogen) atoms. The average Bonchev–Trinajstić information content (AvgIpc) is 2.83. The summed E-state index contributed by atoms with van der Waals surface area (Å²) in [5, 5.41) is 13.5. The highest BCUT2D eigenvalue weighted by atomic mass is 32.2. The molecule has 0 aliphatic heterocycles. The van der Waals surface area contributed by atoms with E-state index < -0.39 is 39.8 Å². The van der Waals surface area contributed by atoms with Gasteiger partial charge in [-0.1, -0.05) is 44.2 Å². The van der Waals surface area contributed by atoms with Gasteiger partial charge in [0.25, 0.3) is 0 Å². The molecule has 2 aromatic rings. The van der Waals surface area contributed by atoms with E-state index in [0.717, 1.165) is 11.2 Å². The third kappa shape index (κ3) is 9.17. The van der Waals surface area contributed by atoms with E-state index >= 15 is 0 Å². The molecule has 0 unspecified atom stereocenters. The van der Waals surface area contributed by atoms with Gasteiger partial charge in [-0.25, -0.2) is 8.42 Å². The van der Waals surface area contributed by atoms with Crippen LogP contribution in [0.5, 0.6) is 5.75 Å². The highest BCUT2D eigenvalue weighted by Crippen LogP contribution is 2.25. The predicted molar refractivity (Wildman–Crippen MR) is 134 cm³/mol. The molecule has 0 aliphatic carbocycles. The van der Waals surface area contributed by atoms with Gasteiger partial charge in [0, 0.05) is 24.7 Å². The standard InChI is InChI=1S/C26H33F3N2O5S/c1-18(2)16-31(37(34,35)22-12-10-21(36-4)11-13-22)17-24(32)23(15-20-8-6-5-7-9-20)30-25(33)14-19(3)26(27,28)29/h5-14,18,23-24,32H,15-17H2,1-4H3,(H,30,33)/b19-14+/t23-,24+/m0/s1. The fraction of sp³-hybridized carbons (Fsp3) is 0.423. The molecule has 2 N–H and O–H groups in total. The molecule has 0 bridgehead atoms. The molecular formula is C26H33F3N2O5S. The number of aliphatic hydroxyl groups excluding tert-OH is 1. The van der Waals surface area contributed by atoms with Gasteiger partial charge in [-0.3, -0.25) is 4.79 Å². The topological polar surface area (TPSA) is 95.9 Å². The van der Waals surface area contributed by atoms with E-state index in [1.54, 1.807) is 30.3 Å². The summed E-state index contributed by atoms with van der Waals surface area (Å²) in [6.07, 6.45) is -5.60. The number of carbonyl (C=O) groups excluding carboxylic acids is 1. The van der Waals surface area contributed by atoms with Gasteiger partial charge in [0.1, 0.15) is 5.75 Å². The Balaban J connectivity index is 2.35. The molecule has 0 aromatic heterocycles. The zero-order valence-electron chi connectivity index (χ0n) is 21.2. The van der Waals surface area contributed by atoms with E-state index in [2.05, 4.69) is 5.32 Å². The number of benzene rings is 2. The van der Waals surface area contributed by atoms with Gasteiger partial charge < -0.3 is 15.2 Å². The van der Waals surface area contributed by atoms with Crippen LogP contribution in [0.15, 0.2) is 71.1 Å². The number of nitrogens with zero attached hydrogens (tertiary/aromatic N) is 1. The van der Waals surface area contributed by atoms with E-state index in [-0.39, 0.29) is 30.3 Å². The van der Waals surface area contributed by atoms with Crippen LogP contribution < -0.4 is 10.1 Å². The Morgan fingerprint density at radius 1 is 1.08 bits per heavy atom. The van der Waals surface area contributed by atoms with Crippen LogP contribution in [-0.2, 0) is 21.2 Å². The number of carbonyl (C=O) groups is 1. The van der Waals surface area contributed by atoms with Crippen LogP contribution in [-0.4, -0.2) is 62.3 Å². The monoisotopic (exact) mass is 542 g/mol. The number of halogens is 3. The number of amides is 1. The average molecular weight is 543 g/mol. The van der Waals surface area contributed by atoms with Gasteiger partial charge in [-0.05, 0) is 49.1 Å². The fourth-order valence-corrected chi connectivity index (χ4v) is 5.19. The molecule has 11 heteroatoms. The van der Waals surface area contributed by atoms with Crippen LogP contribution in [0.2, 0.25) is 0 Å². The molecule has 0 heterocycles. The fourth-order valence-electron chi connectivity index (χ4n) is 3.56. The number of hydrogen-bond donors (Lipinski definition) is 2. The zero-order chi connectivity index (χ0) is 27.8. The molecule has 1 amide bonds. The summed E-state index contributed by atoms with van der Waals surface area (Å²) >= 11 is 0. The minimum absolute atomic E-state index is 0.00599. The van der Waals surface area contributed by atoms with Crippen LogP contribution in [0.3, 0.4) is 0 Å². The Hall–Kier alpha value is -2.89. The van der Waals surface area contributed by atoms with E-state index in [9.17, 15) is 31.5 Å². The van der Waals surface area contributed by atoms with Gasteiger partial charge in [-0.2, -0.15) is 17.5 Å². The molecular weight excluding hydrogens is 509 g/mol. The maximum atomic E-state index is 13.4. The lowest BCUT2D eigenvalue weighted by Gasteiger charge is -2.30. The highest BCUT2D eigenvalue weighted by molar-refractivity contribution is 7.89. The third-order valence-corrected chi connectivity index (χ3v) is 7.39. The van der Waals surface area contributed by atoms with E-state index in [0.29, 0.717) is 17.4 Å². The van der Waals surface area contributed by atoms with E-state index in [4.69, 9.17) is 4.74 Å². The Morgan fingerprint density at radius 2 is 1.68 bits per heavy atom. The largest absolute Gasteiger partial charge is 0.497 e. The van der Waals surface area contributed by atoms with Crippen LogP contribution in [0.1, 0.15) is 26.3 Å². The second kappa shape index (κ2) is 13.1. The molecule has 0 spiro atoms. The summed E-state index contributed by atoms with van der Waals surface area (Å²) in [4.78, 5) is 12.4. The lowest BCUT2D eigenvalue weighted by Crippen LogP contribution is -2.51. The van der Waals surface area contributed by atoms with Crippen LogP contribution in [0.25, 0.3) is 0 Å². The molecule has 2 atom stereocenters. The molecule has 0 saturated carbocycles. The Bertz CT molecular complexity index is 1150. The Labute approximate surface area is 216 Å². The smallest absolute Gasteiger partial charge is 0.412 e. The number of aliphatic hydroxyl groups is 1. The first-order chi connectivity index (χ1) is 17.2. The summed E-state index contributed by atoms with van der Waals surface area (Å²) in [7, 11) is -2.59.